The zero-order valence-electron chi connectivity index (χ0n) is 16.6. The van der Waals surface area contributed by atoms with Crippen LogP contribution in [0.25, 0.3) is 5.57 Å². The SMILES string of the molecule is N#C/C(=C1/N=CC(=O)S1)c1c(C#N)c(C#N)c(N)n1B(c1ccccc1)c1ccccc1. The lowest BCUT2D eigenvalue weighted by Gasteiger charge is -2.21. The summed E-state index contributed by atoms with van der Waals surface area (Å²) < 4.78 is 1.62. The Kier molecular flexibility index (Phi) is 5.64. The third-order valence-corrected chi connectivity index (χ3v) is 5.81. The molecular weight excluding hydrogens is 419 g/mol. The zero-order chi connectivity index (χ0) is 22.7. The molecule has 1 aromatic heterocycles. The second-order valence-corrected chi connectivity index (χ2v) is 7.77. The van der Waals surface area contributed by atoms with Crippen LogP contribution in [0.3, 0.4) is 0 Å². The summed E-state index contributed by atoms with van der Waals surface area (Å²) in [6.45, 7) is -0.531. The lowest BCUT2D eigenvalue weighted by Crippen LogP contribution is -2.49. The van der Waals surface area contributed by atoms with Gasteiger partial charge in [-0.25, -0.2) is 4.99 Å². The summed E-state index contributed by atoms with van der Waals surface area (Å²) >= 11 is 0.797. The first kappa shape index (κ1) is 20.7. The van der Waals surface area contributed by atoms with Crippen molar-refractivity contribution in [2.24, 2.45) is 4.99 Å². The largest absolute Gasteiger partial charge is 0.385 e. The van der Waals surface area contributed by atoms with Crippen LogP contribution in [0.1, 0.15) is 16.8 Å². The van der Waals surface area contributed by atoms with E-state index in [1.54, 1.807) is 4.48 Å². The number of hydrogen-bond donors (Lipinski definition) is 1. The fourth-order valence-electron chi connectivity index (χ4n) is 3.68. The second-order valence-electron chi connectivity index (χ2n) is 6.77. The number of nitriles is 3. The van der Waals surface area contributed by atoms with Crippen LogP contribution in [0.4, 0.5) is 5.82 Å². The van der Waals surface area contributed by atoms with Crippen molar-refractivity contribution < 1.29 is 4.79 Å². The average molecular weight is 432 g/mol. The first-order valence-electron chi connectivity index (χ1n) is 9.45. The quantitative estimate of drug-likeness (QED) is 0.496. The van der Waals surface area contributed by atoms with Gasteiger partial charge in [-0.3, -0.25) is 4.79 Å². The maximum atomic E-state index is 11.8. The van der Waals surface area contributed by atoms with Gasteiger partial charge in [-0.1, -0.05) is 71.6 Å². The third-order valence-electron chi connectivity index (χ3n) is 5.00. The molecule has 0 atom stereocenters. The highest BCUT2D eigenvalue weighted by Crippen LogP contribution is 2.36. The maximum Gasteiger partial charge on any atom is 0.329 e. The highest BCUT2D eigenvalue weighted by Gasteiger charge is 2.34. The van der Waals surface area contributed by atoms with Gasteiger partial charge in [0.05, 0.1) is 17.5 Å². The van der Waals surface area contributed by atoms with Crippen molar-refractivity contribution in [3.8, 4) is 18.2 Å². The summed E-state index contributed by atoms with van der Waals surface area (Å²) in [6.07, 6.45) is 1.12. The molecule has 3 aromatic rings. The zero-order valence-corrected chi connectivity index (χ0v) is 17.4. The standard InChI is InChI=1S/C23H13BN6OS/c25-11-17-18(12-26)22(28)30(21(17)19(13-27)23-29-14-20(31)32-23)24(15-7-3-1-4-8-15)16-9-5-2-6-10-16/h1-10,14H,28H2/b23-19+. The first-order valence-corrected chi connectivity index (χ1v) is 10.3. The van der Waals surface area contributed by atoms with E-state index in [1.807, 2.05) is 72.8 Å². The molecular formula is C23H13BN6OS. The molecule has 2 heterocycles. The van der Waals surface area contributed by atoms with Crippen LogP contribution in [-0.4, -0.2) is 22.7 Å². The van der Waals surface area contributed by atoms with E-state index in [1.165, 1.54) is 0 Å². The van der Waals surface area contributed by atoms with Crippen LogP contribution in [0.5, 0.6) is 0 Å². The maximum absolute atomic E-state index is 11.8. The number of thioether (sulfide) groups is 1. The van der Waals surface area contributed by atoms with Crippen molar-refractivity contribution >= 4 is 52.3 Å². The van der Waals surface area contributed by atoms with E-state index in [0.717, 1.165) is 28.9 Å². The Hall–Kier alpha value is -4.52. The molecule has 1 aliphatic rings. The summed E-state index contributed by atoms with van der Waals surface area (Å²) in [4.78, 5) is 15.8. The number of aromatic nitrogens is 1. The number of rotatable bonds is 4. The van der Waals surface area contributed by atoms with Crippen LogP contribution < -0.4 is 16.7 Å². The molecule has 2 aromatic carbocycles. The molecule has 9 heteroatoms. The average Bonchev–Trinajstić information content (AvgIpc) is 3.37. The number of carbonyl (C=O) groups is 1. The molecule has 7 nitrogen and oxygen atoms in total. The molecule has 0 bridgehead atoms. The van der Waals surface area contributed by atoms with Crippen LogP contribution in [-0.2, 0) is 4.79 Å². The van der Waals surface area contributed by atoms with E-state index in [-0.39, 0.29) is 38.4 Å². The minimum atomic E-state index is -0.531. The predicted molar refractivity (Wildman–Crippen MR) is 125 cm³/mol. The Morgan fingerprint density at radius 2 is 1.50 bits per heavy atom. The Balaban J connectivity index is 2.13. The number of benzene rings is 2. The Morgan fingerprint density at radius 1 is 0.938 bits per heavy atom. The predicted octanol–water partition coefficient (Wildman–Crippen LogP) is 2.00. The molecule has 1 aliphatic heterocycles. The molecule has 0 fully saturated rings. The summed E-state index contributed by atoms with van der Waals surface area (Å²) in [5, 5.41) is 29.5. The molecule has 0 spiro atoms. The van der Waals surface area contributed by atoms with Gasteiger partial charge in [0.15, 0.2) is 0 Å². The fraction of sp³-hybridized carbons (Fsp3) is 0. The Bertz CT molecular complexity index is 1370. The monoisotopic (exact) mass is 432 g/mol. The van der Waals surface area contributed by atoms with Crippen molar-refractivity contribution in [3.05, 3.63) is 82.5 Å². The van der Waals surface area contributed by atoms with Gasteiger partial charge in [-0.15, -0.1) is 0 Å². The number of nitrogens with two attached hydrogens (primary N) is 1. The number of allylic oxidation sites excluding steroid dienone is 1. The van der Waals surface area contributed by atoms with E-state index < -0.39 is 6.85 Å². The van der Waals surface area contributed by atoms with Gasteiger partial charge < -0.3 is 10.2 Å². The summed E-state index contributed by atoms with van der Waals surface area (Å²) in [5.41, 5.74) is 8.25. The van der Waals surface area contributed by atoms with Gasteiger partial charge in [0.1, 0.15) is 40.2 Å². The lowest BCUT2D eigenvalue weighted by atomic mass is 9.50. The first-order chi connectivity index (χ1) is 15.6. The van der Waals surface area contributed by atoms with Crippen LogP contribution in [0.15, 0.2) is 70.7 Å². The summed E-state index contributed by atoms with van der Waals surface area (Å²) in [5.74, 6) is 0.0587. The molecule has 32 heavy (non-hydrogen) atoms. The van der Waals surface area contributed by atoms with Crippen molar-refractivity contribution in [3.63, 3.8) is 0 Å². The number of nitrogen functional groups attached to an aromatic ring is 1. The number of hydrogen-bond acceptors (Lipinski definition) is 7. The van der Waals surface area contributed by atoms with E-state index in [9.17, 15) is 20.6 Å². The fourth-order valence-corrected chi connectivity index (χ4v) is 4.33. The van der Waals surface area contributed by atoms with Gasteiger partial charge in [-0.2, -0.15) is 15.8 Å². The van der Waals surface area contributed by atoms with Crippen molar-refractivity contribution in [1.82, 2.24) is 4.48 Å². The Morgan fingerprint density at radius 3 is 1.94 bits per heavy atom. The van der Waals surface area contributed by atoms with Gasteiger partial charge in [0, 0.05) is 0 Å². The molecule has 150 valence electrons. The van der Waals surface area contributed by atoms with Gasteiger partial charge in [0.25, 0.3) is 0 Å². The van der Waals surface area contributed by atoms with Crippen molar-refractivity contribution in [2.45, 2.75) is 0 Å². The highest BCUT2D eigenvalue weighted by molar-refractivity contribution is 8.19. The smallest absolute Gasteiger partial charge is 0.329 e. The van der Waals surface area contributed by atoms with Crippen LogP contribution >= 0.6 is 11.8 Å². The molecule has 0 radical (unpaired) electrons. The van der Waals surface area contributed by atoms with Crippen molar-refractivity contribution in [1.29, 1.82) is 15.8 Å². The summed E-state index contributed by atoms with van der Waals surface area (Å²) in [6, 6.07) is 25.0. The van der Waals surface area contributed by atoms with E-state index in [0.29, 0.717) is 0 Å². The molecule has 2 N–H and O–H groups in total. The van der Waals surface area contributed by atoms with E-state index in [4.69, 9.17) is 5.73 Å². The minimum absolute atomic E-state index is 0.0127. The topological polar surface area (TPSA) is 132 Å². The van der Waals surface area contributed by atoms with Gasteiger partial charge in [0.2, 0.25) is 5.12 Å². The molecule has 0 aliphatic carbocycles. The third kappa shape index (κ3) is 3.46. The number of carbonyl (C=O) groups excluding carboxylic acids is 1. The molecule has 0 unspecified atom stereocenters. The second kappa shape index (κ2) is 8.69. The van der Waals surface area contributed by atoms with Crippen molar-refractivity contribution in [2.75, 3.05) is 5.73 Å². The molecule has 4 rings (SSSR count). The number of anilines is 1. The van der Waals surface area contributed by atoms with Crippen LogP contribution in [0.2, 0.25) is 0 Å². The number of nitrogens with zero attached hydrogens (tertiary/aromatic N) is 5. The van der Waals surface area contributed by atoms with Crippen LogP contribution in [0, 0.1) is 34.0 Å². The normalized spacial score (nSPS) is 13.8. The molecule has 0 amide bonds. The van der Waals surface area contributed by atoms with Gasteiger partial charge >= 0.3 is 6.85 Å². The minimum Gasteiger partial charge on any atom is -0.385 e. The summed E-state index contributed by atoms with van der Waals surface area (Å²) in [7, 11) is 0. The van der Waals surface area contributed by atoms with E-state index in [2.05, 4.69) is 11.1 Å². The molecule has 0 saturated carbocycles. The Labute approximate surface area is 188 Å². The highest BCUT2D eigenvalue weighted by atomic mass is 32.2. The van der Waals surface area contributed by atoms with E-state index >= 15 is 0 Å². The molecule has 0 saturated heterocycles. The number of aliphatic imine (C=N–C) groups is 1. The lowest BCUT2D eigenvalue weighted by molar-refractivity contribution is -0.105. The van der Waals surface area contributed by atoms with Gasteiger partial charge in [-0.05, 0) is 11.8 Å².